The third-order valence-corrected chi connectivity index (χ3v) is 7.99. The van der Waals surface area contributed by atoms with Crippen LogP contribution < -0.4 is 9.62 Å². The van der Waals surface area contributed by atoms with Crippen LogP contribution >= 0.6 is 11.6 Å². The number of carbonyl (C=O) groups is 2. The van der Waals surface area contributed by atoms with E-state index in [2.05, 4.69) is 5.32 Å². The van der Waals surface area contributed by atoms with Crippen LogP contribution in [-0.2, 0) is 26.2 Å². The minimum atomic E-state index is -4.20. The molecule has 1 atom stereocenters. The Morgan fingerprint density at radius 1 is 1.00 bits per heavy atom. The Morgan fingerprint density at radius 3 is 2.21 bits per heavy atom. The monoisotopic (exact) mass is 573 g/mol. The van der Waals surface area contributed by atoms with Gasteiger partial charge in [0.05, 0.1) is 10.6 Å². The van der Waals surface area contributed by atoms with Crippen LogP contribution in [0.25, 0.3) is 0 Å². The molecule has 10 heteroatoms. The number of aryl methyl sites for hydroxylation is 1. The first-order valence-corrected chi connectivity index (χ1v) is 14.2. The number of halogens is 2. The molecule has 3 aromatic carbocycles. The zero-order valence-corrected chi connectivity index (χ0v) is 24.2. The molecule has 0 bridgehead atoms. The number of amides is 2. The Bertz CT molecular complexity index is 1430. The Labute approximate surface area is 234 Å². The highest BCUT2D eigenvalue weighted by Crippen LogP contribution is 2.30. The molecule has 0 saturated heterocycles. The van der Waals surface area contributed by atoms with Crippen LogP contribution in [0.15, 0.2) is 77.7 Å². The van der Waals surface area contributed by atoms with Crippen LogP contribution in [0.5, 0.6) is 0 Å². The van der Waals surface area contributed by atoms with Crippen molar-refractivity contribution < 1.29 is 22.4 Å². The van der Waals surface area contributed by atoms with Gasteiger partial charge in [-0.15, -0.1) is 0 Å². The van der Waals surface area contributed by atoms with Gasteiger partial charge in [0, 0.05) is 17.1 Å². The van der Waals surface area contributed by atoms with Gasteiger partial charge in [0.15, 0.2) is 0 Å². The minimum absolute atomic E-state index is 0.000726. The van der Waals surface area contributed by atoms with Gasteiger partial charge in [-0.05, 0) is 82.1 Å². The predicted octanol–water partition coefficient (Wildman–Crippen LogP) is 5.31. The van der Waals surface area contributed by atoms with Crippen molar-refractivity contribution in [1.29, 1.82) is 0 Å². The molecule has 0 heterocycles. The molecule has 2 amide bonds. The third kappa shape index (κ3) is 7.80. The number of hydrogen-bond donors (Lipinski definition) is 1. The smallest absolute Gasteiger partial charge is 0.264 e. The molecule has 39 heavy (non-hydrogen) atoms. The van der Waals surface area contributed by atoms with Crippen molar-refractivity contribution in [3.05, 3.63) is 94.8 Å². The Balaban J connectivity index is 2.06. The summed E-state index contributed by atoms with van der Waals surface area (Å²) in [5.41, 5.74) is 0.858. The van der Waals surface area contributed by atoms with Crippen molar-refractivity contribution in [2.75, 3.05) is 10.8 Å². The lowest BCUT2D eigenvalue weighted by Gasteiger charge is -2.34. The maximum absolute atomic E-state index is 13.9. The number of nitrogens with one attached hydrogen (secondary N) is 1. The second-order valence-corrected chi connectivity index (χ2v) is 12.6. The normalized spacial score (nSPS) is 12.5. The molecule has 3 aromatic rings. The van der Waals surface area contributed by atoms with Crippen LogP contribution in [0.2, 0.25) is 5.02 Å². The van der Waals surface area contributed by atoms with Crippen LogP contribution in [0.1, 0.15) is 38.8 Å². The first-order valence-electron chi connectivity index (χ1n) is 12.4. The number of sulfonamides is 1. The van der Waals surface area contributed by atoms with Crippen molar-refractivity contribution in [3.63, 3.8) is 0 Å². The first-order chi connectivity index (χ1) is 18.2. The maximum atomic E-state index is 13.9. The molecule has 0 fully saturated rings. The van der Waals surface area contributed by atoms with Crippen molar-refractivity contribution in [2.45, 2.75) is 57.6 Å². The van der Waals surface area contributed by atoms with Gasteiger partial charge < -0.3 is 10.2 Å². The lowest BCUT2D eigenvalue weighted by Crippen LogP contribution is -2.54. The standard InChI is InChI=1S/C29H33ClFN3O4S/c1-20-11-14-23(30)17-26(20)34(39(37,38)25-9-7-6-8-10-25)19-27(35)33(18-22-12-15-24(31)16-13-22)21(2)28(36)32-29(3,4)5/h6-17,21H,18-19H2,1-5H3,(H,32,36)/t21-/m0/s1. The second kappa shape index (κ2) is 12.2. The molecule has 208 valence electrons. The summed E-state index contributed by atoms with van der Waals surface area (Å²) in [6, 6.07) is 17.2. The number of anilines is 1. The van der Waals surface area contributed by atoms with Gasteiger partial charge >= 0.3 is 0 Å². The average molecular weight is 574 g/mol. The van der Waals surface area contributed by atoms with Gasteiger partial charge in [-0.2, -0.15) is 0 Å². The quantitative estimate of drug-likeness (QED) is 0.376. The highest BCUT2D eigenvalue weighted by atomic mass is 35.5. The fourth-order valence-electron chi connectivity index (χ4n) is 3.93. The summed E-state index contributed by atoms with van der Waals surface area (Å²) in [6.45, 7) is 8.13. The van der Waals surface area contributed by atoms with E-state index in [1.54, 1.807) is 44.2 Å². The molecule has 0 aromatic heterocycles. The summed E-state index contributed by atoms with van der Waals surface area (Å²) in [6.07, 6.45) is 0. The Hall–Kier alpha value is -3.43. The molecule has 3 rings (SSSR count). The van der Waals surface area contributed by atoms with Gasteiger partial charge in [-0.1, -0.05) is 48.0 Å². The SMILES string of the molecule is Cc1ccc(Cl)cc1N(CC(=O)N(Cc1ccc(F)cc1)[C@@H](C)C(=O)NC(C)(C)C)S(=O)(=O)c1ccccc1. The third-order valence-electron chi connectivity index (χ3n) is 5.98. The fraction of sp³-hybridized carbons (Fsp3) is 0.310. The van der Waals surface area contributed by atoms with Crippen molar-refractivity contribution in [1.82, 2.24) is 10.2 Å². The van der Waals surface area contributed by atoms with Gasteiger partial charge in [0.1, 0.15) is 18.4 Å². The molecule has 0 saturated carbocycles. The number of carbonyl (C=O) groups excluding carboxylic acids is 2. The zero-order valence-electron chi connectivity index (χ0n) is 22.6. The molecule has 1 N–H and O–H groups in total. The van der Waals surface area contributed by atoms with Gasteiger partial charge in [0.25, 0.3) is 10.0 Å². The lowest BCUT2D eigenvalue weighted by atomic mass is 10.1. The minimum Gasteiger partial charge on any atom is -0.350 e. The molecular formula is C29H33ClFN3O4S. The Morgan fingerprint density at radius 2 is 1.62 bits per heavy atom. The number of benzene rings is 3. The fourth-order valence-corrected chi connectivity index (χ4v) is 5.59. The summed E-state index contributed by atoms with van der Waals surface area (Å²) in [5.74, 6) is -1.46. The average Bonchev–Trinajstić information content (AvgIpc) is 2.87. The van der Waals surface area contributed by atoms with Gasteiger partial charge in [0.2, 0.25) is 11.8 Å². The Kier molecular flexibility index (Phi) is 9.40. The topological polar surface area (TPSA) is 86.8 Å². The van der Waals surface area contributed by atoms with Gasteiger partial charge in [-0.25, -0.2) is 12.8 Å². The van der Waals surface area contributed by atoms with Gasteiger partial charge in [-0.3, -0.25) is 13.9 Å². The molecule has 0 radical (unpaired) electrons. The van der Waals surface area contributed by atoms with E-state index in [4.69, 9.17) is 11.6 Å². The van der Waals surface area contributed by atoms with E-state index in [-0.39, 0.29) is 17.1 Å². The second-order valence-electron chi connectivity index (χ2n) is 10.3. The van der Waals surface area contributed by atoms with Crippen LogP contribution in [-0.4, -0.2) is 43.3 Å². The summed E-state index contributed by atoms with van der Waals surface area (Å²) < 4.78 is 42.2. The highest BCUT2D eigenvalue weighted by Gasteiger charge is 2.34. The van der Waals surface area contributed by atoms with Crippen LogP contribution in [0.4, 0.5) is 10.1 Å². The maximum Gasteiger partial charge on any atom is 0.264 e. The molecule has 0 spiro atoms. The number of rotatable bonds is 9. The predicted molar refractivity (Wildman–Crippen MR) is 151 cm³/mol. The highest BCUT2D eigenvalue weighted by molar-refractivity contribution is 7.92. The van der Waals surface area contributed by atoms with E-state index < -0.39 is 45.8 Å². The largest absolute Gasteiger partial charge is 0.350 e. The number of nitrogens with zero attached hydrogens (tertiary/aromatic N) is 2. The van der Waals surface area contributed by atoms with E-state index >= 15 is 0 Å². The molecule has 0 unspecified atom stereocenters. The lowest BCUT2D eigenvalue weighted by molar-refractivity contribution is -0.140. The van der Waals surface area contributed by atoms with E-state index in [0.717, 1.165) is 4.31 Å². The summed E-state index contributed by atoms with van der Waals surface area (Å²) in [4.78, 5) is 28.3. The molecular weight excluding hydrogens is 541 g/mol. The summed E-state index contributed by atoms with van der Waals surface area (Å²) in [5, 5.41) is 3.17. The summed E-state index contributed by atoms with van der Waals surface area (Å²) >= 11 is 6.23. The van der Waals surface area contributed by atoms with Crippen molar-refractivity contribution >= 4 is 39.1 Å². The van der Waals surface area contributed by atoms with Crippen LogP contribution in [0, 0.1) is 12.7 Å². The number of hydrogen-bond acceptors (Lipinski definition) is 4. The summed E-state index contributed by atoms with van der Waals surface area (Å²) in [7, 11) is -4.20. The zero-order chi connectivity index (χ0) is 29.0. The van der Waals surface area contributed by atoms with Crippen molar-refractivity contribution in [3.8, 4) is 0 Å². The molecule has 0 aliphatic heterocycles. The van der Waals surface area contributed by atoms with E-state index in [1.165, 1.54) is 47.4 Å². The van der Waals surface area contributed by atoms with E-state index in [0.29, 0.717) is 16.1 Å². The first kappa shape index (κ1) is 30.1. The van der Waals surface area contributed by atoms with E-state index in [9.17, 15) is 22.4 Å². The molecule has 0 aliphatic carbocycles. The molecule has 0 aliphatic rings. The van der Waals surface area contributed by atoms with E-state index in [1.807, 2.05) is 20.8 Å². The van der Waals surface area contributed by atoms with Crippen LogP contribution in [0.3, 0.4) is 0 Å². The van der Waals surface area contributed by atoms with Crippen molar-refractivity contribution in [2.24, 2.45) is 0 Å². The molecule has 7 nitrogen and oxygen atoms in total.